The number of aromatic nitrogens is 3. The average Bonchev–Trinajstić information content (AvgIpc) is 3.07. The number of carbonyl (C=O) groups is 1. The van der Waals surface area contributed by atoms with Crippen molar-refractivity contribution in [1.82, 2.24) is 19.9 Å². The van der Waals surface area contributed by atoms with Crippen molar-refractivity contribution in [3.63, 3.8) is 0 Å². The van der Waals surface area contributed by atoms with E-state index in [9.17, 15) is 4.79 Å². The first kappa shape index (κ1) is 15.2. The lowest BCUT2D eigenvalue weighted by Crippen LogP contribution is -2.29. The van der Waals surface area contributed by atoms with Crippen molar-refractivity contribution in [2.45, 2.75) is 39.4 Å². The molecule has 0 aromatic carbocycles. The van der Waals surface area contributed by atoms with Crippen molar-refractivity contribution in [3.8, 4) is 0 Å². The molecule has 114 valence electrons. The molecule has 0 aliphatic heterocycles. The van der Waals surface area contributed by atoms with Crippen molar-refractivity contribution < 1.29 is 9.21 Å². The number of likely N-dealkylation sites (N-methyl/N-ethyl adjacent to an activating group) is 1. The molecule has 7 heteroatoms. The Labute approximate surface area is 123 Å². The molecule has 0 saturated carbocycles. The number of rotatable bonds is 6. The standard InChI is InChI=1S/C14H21N5O2/c1-4-12(15)13-8-19(17-16-13)9-14(20)18(3)7-11-6-5-10(2)21-11/h5-6,8,12H,4,7,9,15H2,1-3H3. The van der Waals surface area contributed by atoms with Crippen LogP contribution >= 0.6 is 0 Å². The summed E-state index contributed by atoms with van der Waals surface area (Å²) in [7, 11) is 1.73. The molecule has 0 spiro atoms. The van der Waals surface area contributed by atoms with Crippen LogP contribution in [0.3, 0.4) is 0 Å². The molecule has 0 saturated heterocycles. The molecule has 0 aliphatic carbocycles. The fourth-order valence-electron chi connectivity index (χ4n) is 1.92. The van der Waals surface area contributed by atoms with Crippen LogP contribution in [-0.4, -0.2) is 32.8 Å². The van der Waals surface area contributed by atoms with E-state index in [0.29, 0.717) is 12.2 Å². The molecule has 0 bridgehead atoms. The summed E-state index contributed by atoms with van der Waals surface area (Å²) >= 11 is 0. The lowest BCUT2D eigenvalue weighted by Gasteiger charge is -2.15. The van der Waals surface area contributed by atoms with Crippen molar-refractivity contribution in [2.24, 2.45) is 5.73 Å². The van der Waals surface area contributed by atoms with E-state index >= 15 is 0 Å². The molecule has 1 amide bonds. The molecule has 2 N–H and O–H groups in total. The second-order valence-corrected chi connectivity index (χ2v) is 5.12. The van der Waals surface area contributed by atoms with E-state index < -0.39 is 0 Å². The SMILES string of the molecule is CCC(N)c1cn(CC(=O)N(C)Cc2ccc(C)o2)nn1. The highest BCUT2D eigenvalue weighted by molar-refractivity contribution is 5.75. The Bertz CT molecular complexity index is 604. The molecule has 7 nitrogen and oxygen atoms in total. The summed E-state index contributed by atoms with van der Waals surface area (Å²) in [4.78, 5) is 13.7. The maximum atomic E-state index is 12.1. The molecule has 0 aliphatic rings. The van der Waals surface area contributed by atoms with Gasteiger partial charge in [0.25, 0.3) is 0 Å². The van der Waals surface area contributed by atoms with Crippen molar-refractivity contribution in [2.75, 3.05) is 7.05 Å². The zero-order valence-corrected chi connectivity index (χ0v) is 12.6. The number of furan rings is 1. The Morgan fingerprint density at radius 1 is 1.52 bits per heavy atom. The summed E-state index contributed by atoms with van der Waals surface area (Å²) in [5.74, 6) is 1.53. The topological polar surface area (TPSA) is 90.2 Å². The van der Waals surface area contributed by atoms with E-state index in [1.165, 1.54) is 4.68 Å². The highest BCUT2D eigenvalue weighted by Crippen LogP contribution is 2.10. The van der Waals surface area contributed by atoms with Crippen molar-refractivity contribution in [3.05, 3.63) is 35.5 Å². The van der Waals surface area contributed by atoms with E-state index in [2.05, 4.69) is 10.3 Å². The second kappa shape index (κ2) is 6.53. The molecule has 2 heterocycles. The summed E-state index contributed by atoms with van der Waals surface area (Å²) in [6.07, 6.45) is 2.50. The van der Waals surface area contributed by atoms with Crippen LogP contribution in [0, 0.1) is 6.92 Å². The summed E-state index contributed by atoms with van der Waals surface area (Å²) in [5, 5.41) is 7.92. The molecule has 0 radical (unpaired) electrons. The third-order valence-electron chi connectivity index (χ3n) is 3.29. The summed E-state index contributed by atoms with van der Waals surface area (Å²) < 4.78 is 6.97. The van der Waals surface area contributed by atoms with Gasteiger partial charge in [-0.3, -0.25) is 4.79 Å². The number of hydrogen-bond acceptors (Lipinski definition) is 5. The maximum Gasteiger partial charge on any atom is 0.244 e. The van der Waals surface area contributed by atoms with Crippen LogP contribution in [0.4, 0.5) is 0 Å². The maximum absolute atomic E-state index is 12.1. The third-order valence-corrected chi connectivity index (χ3v) is 3.29. The average molecular weight is 291 g/mol. The zero-order valence-electron chi connectivity index (χ0n) is 12.6. The number of aryl methyl sites for hydroxylation is 1. The number of amides is 1. The third kappa shape index (κ3) is 3.91. The Morgan fingerprint density at radius 2 is 2.29 bits per heavy atom. The second-order valence-electron chi connectivity index (χ2n) is 5.12. The molecule has 21 heavy (non-hydrogen) atoms. The van der Waals surface area contributed by atoms with Gasteiger partial charge in [-0.2, -0.15) is 0 Å². The normalized spacial score (nSPS) is 12.4. The van der Waals surface area contributed by atoms with Gasteiger partial charge in [0, 0.05) is 7.05 Å². The van der Waals surface area contributed by atoms with Gasteiger partial charge in [0.15, 0.2) is 0 Å². The molecule has 2 aromatic rings. The fraction of sp³-hybridized carbons (Fsp3) is 0.500. The number of hydrogen-bond donors (Lipinski definition) is 1. The van der Waals surface area contributed by atoms with Crippen LogP contribution in [0.5, 0.6) is 0 Å². The Balaban J connectivity index is 1.92. The highest BCUT2D eigenvalue weighted by atomic mass is 16.3. The Morgan fingerprint density at radius 3 is 2.90 bits per heavy atom. The minimum absolute atomic E-state index is 0.0643. The first-order chi connectivity index (χ1) is 9.99. The lowest BCUT2D eigenvalue weighted by atomic mass is 10.2. The van der Waals surface area contributed by atoms with Gasteiger partial charge in [0.2, 0.25) is 5.91 Å². The lowest BCUT2D eigenvalue weighted by molar-refractivity contribution is -0.131. The monoisotopic (exact) mass is 291 g/mol. The van der Waals surface area contributed by atoms with Crippen LogP contribution in [0.2, 0.25) is 0 Å². The molecular weight excluding hydrogens is 270 g/mol. The zero-order chi connectivity index (χ0) is 15.4. The van der Waals surface area contributed by atoms with Gasteiger partial charge < -0.3 is 15.1 Å². The molecule has 1 unspecified atom stereocenters. The smallest absolute Gasteiger partial charge is 0.244 e. The van der Waals surface area contributed by atoms with Gasteiger partial charge >= 0.3 is 0 Å². The Kier molecular flexibility index (Phi) is 4.74. The van der Waals surface area contributed by atoms with Gasteiger partial charge in [0.1, 0.15) is 18.1 Å². The summed E-state index contributed by atoms with van der Waals surface area (Å²) in [6, 6.07) is 3.61. The van der Waals surface area contributed by atoms with Gasteiger partial charge in [-0.25, -0.2) is 4.68 Å². The number of carbonyl (C=O) groups excluding carboxylic acids is 1. The quantitative estimate of drug-likeness (QED) is 0.865. The molecule has 1 atom stereocenters. The highest BCUT2D eigenvalue weighted by Gasteiger charge is 2.14. The first-order valence-corrected chi connectivity index (χ1v) is 6.94. The van der Waals surface area contributed by atoms with E-state index in [1.54, 1.807) is 18.1 Å². The molecular formula is C14H21N5O2. The van der Waals surface area contributed by atoms with Crippen LogP contribution in [0.15, 0.2) is 22.7 Å². The minimum Gasteiger partial charge on any atom is -0.464 e. The van der Waals surface area contributed by atoms with Crippen molar-refractivity contribution >= 4 is 5.91 Å². The predicted octanol–water partition coefficient (Wildman–Crippen LogP) is 1.25. The van der Waals surface area contributed by atoms with Crippen LogP contribution in [0.25, 0.3) is 0 Å². The molecule has 2 rings (SSSR count). The number of nitrogens with zero attached hydrogens (tertiary/aromatic N) is 4. The largest absolute Gasteiger partial charge is 0.464 e. The minimum atomic E-state index is -0.141. The van der Waals surface area contributed by atoms with E-state index in [4.69, 9.17) is 10.2 Å². The van der Waals surface area contributed by atoms with Gasteiger partial charge in [0.05, 0.1) is 24.5 Å². The van der Waals surface area contributed by atoms with Crippen LogP contribution < -0.4 is 5.73 Å². The fourth-order valence-corrected chi connectivity index (χ4v) is 1.92. The Hall–Kier alpha value is -2.15. The molecule has 0 fully saturated rings. The van der Waals surface area contributed by atoms with E-state index in [0.717, 1.165) is 17.9 Å². The summed E-state index contributed by atoms with van der Waals surface area (Å²) in [6.45, 7) is 4.43. The molecule has 2 aromatic heterocycles. The van der Waals surface area contributed by atoms with Gasteiger partial charge in [-0.1, -0.05) is 12.1 Å². The van der Waals surface area contributed by atoms with Crippen LogP contribution in [0.1, 0.15) is 36.6 Å². The first-order valence-electron chi connectivity index (χ1n) is 6.94. The predicted molar refractivity (Wildman–Crippen MR) is 77.2 cm³/mol. The van der Waals surface area contributed by atoms with E-state index in [1.807, 2.05) is 26.0 Å². The van der Waals surface area contributed by atoms with E-state index in [-0.39, 0.29) is 18.5 Å². The summed E-state index contributed by atoms with van der Waals surface area (Å²) in [5.41, 5.74) is 6.58. The van der Waals surface area contributed by atoms with Gasteiger partial charge in [-0.05, 0) is 25.5 Å². The van der Waals surface area contributed by atoms with Crippen molar-refractivity contribution in [1.29, 1.82) is 0 Å². The van der Waals surface area contributed by atoms with Crippen LogP contribution in [-0.2, 0) is 17.9 Å². The number of nitrogens with two attached hydrogens (primary N) is 1. The van der Waals surface area contributed by atoms with Gasteiger partial charge in [-0.15, -0.1) is 5.10 Å².